The van der Waals surface area contributed by atoms with Gasteiger partial charge in [0.2, 0.25) is 0 Å². The SMILES string of the molecule is Cn1c2ccccc2c2cc(N3c4ccc(C(C)(C)C)cc4B4c5cc(C(C)(C)C)ccc5Oc5cc(N(c6ccc(C(C)(C)C)cc6)c6ccc(C(C)(C)C)cc6)cc3c54)cc(N(c3ccc(C(C)(C)C)cc3)c3ccc(C(C)(C)C)cc3)c21. The van der Waals surface area contributed by atoms with Crippen LogP contribution < -0.4 is 35.8 Å². The number of anilines is 9. The molecule has 2 aliphatic heterocycles. The second-order valence-corrected chi connectivity index (χ2v) is 30.6. The van der Waals surface area contributed by atoms with E-state index < -0.39 is 0 Å². The Morgan fingerprint density at radius 2 is 0.776 bits per heavy atom. The van der Waals surface area contributed by atoms with E-state index in [1.54, 1.807) is 0 Å². The van der Waals surface area contributed by atoms with Gasteiger partial charge in [0.1, 0.15) is 11.5 Å². The number of hydrogen-bond donors (Lipinski definition) is 0. The molecule has 2 aliphatic rings. The fraction of sp³-hybridized carbons (Fsp3) is 0.316. The van der Waals surface area contributed by atoms with Crippen LogP contribution in [0.3, 0.4) is 0 Å². The van der Waals surface area contributed by atoms with Gasteiger partial charge in [0, 0.05) is 69.2 Å². The minimum Gasteiger partial charge on any atom is -0.458 e. The Bertz CT molecular complexity index is 4080. The van der Waals surface area contributed by atoms with Crippen molar-refractivity contribution in [2.24, 2.45) is 7.05 Å². The van der Waals surface area contributed by atoms with Crippen molar-refractivity contribution in [3.63, 3.8) is 0 Å². The van der Waals surface area contributed by atoms with Crippen LogP contribution in [0.5, 0.6) is 11.5 Å². The molecule has 0 N–H and O–H groups in total. The molecule has 3 heterocycles. The summed E-state index contributed by atoms with van der Waals surface area (Å²) < 4.78 is 9.90. The Morgan fingerprint density at radius 3 is 1.25 bits per heavy atom. The zero-order chi connectivity index (χ0) is 60.7. The molecule has 0 radical (unpaired) electrons. The molecule has 0 amide bonds. The lowest BCUT2D eigenvalue weighted by Gasteiger charge is -2.42. The van der Waals surface area contributed by atoms with E-state index in [2.05, 4.69) is 333 Å². The van der Waals surface area contributed by atoms with E-state index >= 15 is 0 Å². The number of rotatable bonds is 7. The van der Waals surface area contributed by atoms with Crippen LogP contribution in [-0.4, -0.2) is 11.3 Å². The van der Waals surface area contributed by atoms with Crippen molar-refractivity contribution in [1.82, 2.24) is 4.57 Å². The maximum atomic E-state index is 7.49. The Hall–Kier alpha value is -7.96. The highest BCUT2D eigenvalue weighted by Gasteiger charge is 2.44. The van der Waals surface area contributed by atoms with E-state index in [-0.39, 0.29) is 39.2 Å². The molecule has 6 heteroatoms. The van der Waals surface area contributed by atoms with Gasteiger partial charge in [-0.2, -0.15) is 0 Å². The minimum absolute atomic E-state index is 0.0110. The summed E-state index contributed by atoms with van der Waals surface area (Å²) in [4.78, 5) is 7.52. The third kappa shape index (κ3) is 10.3. The lowest BCUT2D eigenvalue weighted by atomic mass is 9.33. The summed E-state index contributed by atoms with van der Waals surface area (Å²) >= 11 is 0. The molecule has 0 saturated heterocycles. The number of hydrogen-bond acceptors (Lipinski definition) is 4. The van der Waals surface area contributed by atoms with E-state index in [1.165, 1.54) is 66.1 Å². The zero-order valence-electron chi connectivity index (χ0n) is 54.1. The molecule has 432 valence electrons. The number of fused-ring (bicyclic) bond motifs is 7. The Labute approximate surface area is 508 Å². The summed E-state index contributed by atoms with van der Waals surface area (Å²) in [6, 6.07) is 69.9. The van der Waals surface area contributed by atoms with Gasteiger partial charge in [-0.3, -0.25) is 0 Å². The third-order valence-electron chi connectivity index (χ3n) is 18.2. The summed E-state index contributed by atoms with van der Waals surface area (Å²) in [7, 11) is 2.24. The molecule has 0 aliphatic carbocycles. The second-order valence-electron chi connectivity index (χ2n) is 30.6. The summed E-state index contributed by atoms with van der Waals surface area (Å²) in [6.07, 6.45) is 0. The van der Waals surface area contributed by atoms with Gasteiger partial charge in [-0.25, -0.2) is 0 Å². The fourth-order valence-corrected chi connectivity index (χ4v) is 13.0. The predicted octanol–water partition coefficient (Wildman–Crippen LogP) is 20.5. The highest BCUT2D eigenvalue weighted by atomic mass is 16.5. The molecule has 9 aromatic carbocycles. The summed E-state index contributed by atoms with van der Waals surface area (Å²) in [6.45, 7) is 41.4. The molecule has 1 aromatic heterocycles. The topological polar surface area (TPSA) is 23.9 Å². The summed E-state index contributed by atoms with van der Waals surface area (Å²) in [5.41, 5.74) is 23.2. The molecule has 0 saturated carbocycles. The molecule has 0 spiro atoms. The van der Waals surface area contributed by atoms with Gasteiger partial charge in [-0.15, -0.1) is 0 Å². The number of nitrogens with zero attached hydrogens (tertiary/aromatic N) is 4. The number of ether oxygens (including phenoxy) is 1. The molecule has 5 nitrogen and oxygen atoms in total. The van der Waals surface area contributed by atoms with Crippen molar-refractivity contribution in [1.29, 1.82) is 0 Å². The Kier molecular flexibility index (Phi) is 13.6. The first kappa shape index (κ1) is 57.5. The first-order valence-corrected chi connectivity index (χ1v) is 30.8. The van der Waals surface area contributed by atoms with Crippen molar-refractivity contribution in [3.05, 3.63) is 215 Å². The maximum Gasteiger partial charge on any atom is 0.256 e. The number of para-hydroxylation sites is 1. The van der Waals surface area contributed by atoms with Crippen molar-refractivity contribution in [3.8, 4) is 11.5 Å². The summed E-state index contributed by atoms with van der Waals surface area (Å²) in [5.74, 6) is 1.76. The van der Waals surface area contributed by atoms with Crippen LogP contribution in [0, 0.1) is 0 Å². The second kappa shape index (κ2) is 20.1. The van der Waals surface area contributed by atoms with E-state index in [9.17, 15) is 0 Å². The van der Waals surface area contributed by atoms with Crippen LogP contribution in [0.25, 0.3) is 21.8 Å². The molecule has 0 atom stereocenters. The van der Waals surface area contributed by atoms with Crippen molar-refractivity contribution in [2.45, 2.75) is 157 Å². The maximum absolute atomic E-state index is 7.49. The molecule has 0 unspecified atom stereocenters. The largest absolute Gasteiger partial charge is 0.458 e. The summed E-state index contributed by atoms with van der Waals surface area (Å²) in [5, 5.41) is 2.39. The molecule has 0 fully saturated rings. The lowest BCUT2D eigenvalue weighted by Crippen LogP contribution is -2.60. The standard InChI is InChI=1S/C79H87BN4O/c1-74(2,3)50-24-34-56(35-25-50)82(57-36-26-51(27-37-57)75(4,5)6)61-47-68-72-71(49-61)85-70-43-33-55(79(16,17)18)45-65(70)80(72)64-44-54(78(13,14)15)32-42-67(64)84(68)60-46-63-62-22-20-21-23-66(62)81(19)73(63)69(48-60)83(58-38-28-52(29-39-58)76(7,8)9)59-40-30-53(31-41-59)77(10,11)12/h20-49H,1-19H3. The first-order valence-electron chi connectivity index (χ1n) is 30.8. The minimum atomic E-state index is -0.121. The number of benzene rings is 9. The molecular weight excluding hydrogens is 1030 g/mol. The molecular formula is C79H87BN4O. The van der Waals surface area contributed by atoms with Crippen LogP contribution >= 0.6 is 0 Å². The Morgan fingerprint density at radius 1 is 0.353 bits per heavy atom. The van der Waals surface area contributed by atoms with Crippen LogP contribution in [0.4, 0.5) is 51.2 Å². The lowest BCUT2D eigenvalue weighted by molar-refractivity contribution is 0.486. The molecule has 85 heavy (non-hydrogen) atoms. The van der Waals surface area contributed by atoms with Gasteiger partial charge in [-0.1, -0.05) is 216 Å². The Balaban J connectivity index is 1.20. The highest BCUT2D eigenvalue weighted by Crippen LogP contribution is 2.51. The molecule has 0 bridgehead atoms. The monoisotopic (exact) mass is 1120 g/mol. The van der Waals surface area contributed by atoms with E-state index in [0.29, 0.717) is 0 Å². The van der Waals surface area contributed by atoms with Crippen LogP contribution in [0.15, 0.2) is 182 Å². The van der Waals surface area contributed by atoms with E-state index in [4.69, 9.17) is 4.74 Å². The third-order valence-corrected chi connectivity index (χ3v) is 18.2. The van der Waals surface area contributed by atoms with Gasteiger partial charge in [0.25, 0.3) is 6.71 Å². The van der Waals surface area contributed by atoms with Crippen LogP contribution in [0.1, 0.15) is 158 Å². The van der Waals surface area contributed by atoms with Crippen LogP contribution in [0.2, 0.25) is 0 Å². The van der Waals surface area contributed by atoms with E-state index in [1.807, 2.05) is 0 Å². The fourth-order valence-electron chi connectivity index (χ4n) is 13.0. The smallest absolute Gasteiger partial charge is 0.256 e. The van der Waals surface area contributed by atoms with Gasteiger partial charge in [0.15, 0.2) is 0 Å². The highest BCUT2D eigenvalue weighted by molar-refractivity contribution is 6.99. The molecule has 12 rings (SSSR count). The average Bonchev–Trinajstić information content (AvgIpc) is 1.57. The van der Waals surface area contributed by atoms with Crippen molar-refractivity contribution >= 4 is 96.1 Å². The quantitative estimate of drug-likeness (QED) is 0.148. The zero-order valence-corrected chi connectivity index (χ0v) is 54.1. The normalized spacial score (nSPS) is 13.6. The number of aryl methyl sites for hydroxylation is 1. The van der Waals surface area contributed by atoms with Gasteiger partial charge >= 0.3 is 0 Å². The average molecular weight is 1120 g/mol. The van der Waals surface area contributed by atoms with Crippen molar-refractivity contribution < 1.29 is 4.74 Å². The van der Waals surface area contributed by atoms with Gasteiger partial charge < -0.3 is 24.0 Å². The predicted molar refractivity (Wildman–Crippen MR) is 368 cm³/mol. The van der Waals surface area contributed by atoms with Crippen molar-refractivity contribution in [2.75, 3.05) is 14.7 Å². The first-order chi connectivity index (χ1) is 39.8. The van der Waals surface area contributed by atoms with E-state index in [0.717, 1.165) is 68.2 Å². The van der Waals surface area contributed by atoms with Crippen LogP contribution in [-0.2, 0) is 39.5 Å². The van der Waals surface area contributed by atoms with Gasteiger partial charge in [0.05, 0.1) is 16.9 Å². The molecule has 10 aromatic rings. The van der Waals surface area contributed by atoms with Gasteiger partial charge in [-0.05, 0) is 167 Å². The number of aromatic nitrogens is 1.